The molecular weight excluding hydrogens is 220 g/mol. The summed E-state index contributed by atoms with van der Waals surface area (Å²) in [6.45, 7) is 3.63. The number of rotatable bonds is 5. The number of nitrogens with one attached hydrogen (secondary N) is 1. The number of amides is 2. The van der Waals surface area contributed by atoms with Crippen LogP contribution in [0.3, 0.4) is 0 Å². The fraction of sp³-hybridized carbons (Fsp3) is 0.333. The van der Waals surface area contributed by atoms with E-state index in [1.165, 1.54) is 0 Å². The summed E-state index contributed by atoms with van der Waals surface area (Å²) >= 11 is 0. The summed E-state index contributed by atoms with van der Waals surface area (Å²) in [5, 5.41) is 2.58. The highest BCUT2D eigenvalue weighted by Crippen LogP contribution is 2.13. The number of para-hydroxylation sites is 1. The summed E-state index contributed by atoms with van der Waals surface area (Å²) < 4.78 is 5.15. The van der Waals surface area contributed by atoms with Crippen LogP contribution in [0.5, 0.6) is 0 Å². The normalized spacial score (nSPS) is 10.3. The third kappa shape index (κ3) is 4.24. The van der Waals surface area contributed by atoms with Gasteiger partial charge in [-0.15, -0.1) is 0 Å². The van der Waals surface area contributed by atoms with Crippen LogP contribution in [0.2, 0.25) is 0 Å². The monoisotopic (exact) mass is 236 g/mol. The van der Waals surface area contributed by atoms with Crippen molar-refractivity contribution in [2.45, 2.75) is 20.0 Å². The van der Waals surface area contributed by atoms with Gasteiger partial charge < -0.3 is 15.8 Å². The Morgan fingerprint density at radius 2 is 2.00 bits per heavy atom. The molecule has 0 fully saturated rings. The fourth-order valence-electron chi connectivity index (χ4n) is 1.24. The average Bonchev–Trinajstić information content (AvgIpc) is 2.27. The van der Waals surface area contributed by atoms with Gasteiger partial charge in [0.05, 0.1) is 17.4 Å². The van der Waals surface area contributed by atoms with Gasteiger partial charge in [-0.05, 0) is 26.0 Å². The first-order valence-corrected chi connectivity index (χ1v) is 5.31. The van der Waals surface area contributed by atoms with Crippen molar-refractivity contribution in [1.82, 2.24) is 0 Å². The molecule has 5 nitrogen and oxygen atoms in total. The van der Waals surface area contributed by atoms with E-state index in [-0.39, 0.29) is 24.2 Å². The molecule has 0 aromatic heterocycles. The lowest BCUT2D eigenvalue weighted by atomic mass is 10.1. The molecule has 1 rings (SSSR count). The molecule has 0 heterocycles. The lowest BCUT2D eigenvalue weighted by Gasteiger charge is -2.10. The van der Waals surface area contributed by atoms with E-state index in [9.17, 15) is 9.59 Å². The Hall–Kier alpha value is -1.88. The molecule has 0 saturated heterocycles. The quantitative estimate of drug-likeness (QED) is 0.804. The van der Waals surface area contributed by atoms with Crippen LogP contribution < -0.4 is 11.1 Å². The minimum Gasteiger partial charge on any atom is -0.369 e. The lowest BCUT2D eigenvalue weighted by Crippen LogP contribution is -2.23. The number of nitrogens with two attached hydrogens (primary N) is 1. The van der Waals surface area contributed by atoms with Gasteiger partial charge in [0.25, 0.3) is 5.91 Å². The number of hydrogen-bond acceptors (Lipinski definition) is 3. The number of primary amides is 1. The summed E-state index contributed by atoms with van der Waals surface area (Å²) in [5.41, 5.74) is 5.87. The van der Waals surface area contributed by atoms with Crippen molar-refractivity contribution >= 4 is 17.5 Å². The summed E-state index contributed by atoms with van der Waals surface area (Å²) in [5.74, 6) is -0.891. The Morgan fingerprint density at radius 3 is 2.59 bits per heavy atom. The van der Waals surface area contributed by atoms with Crippen molar-refractivity contribution in [3.63, 3.8) is 0 Å². The van der Waals surface area contributed by atoms with Gasteiger partial charge in [-0.1, -0.05) is 12.1 Å². The van der Waals surface area contributed by atoms with E-state index >= 15 is 0 Å². The first-order valence-electron chi connectivity index (χ1n) is 5.31. The molecule has 0 bridgehead atoms. The molecule has 0 aliphatic rings. The highest BCUT2D eigenvalue weighted by Gasteiger charge is 2.10. The van der Waals surface area contributed by atoms with Gasteiger partial charge in [0, 0.05) is 0 Å². The first-order chi connectivity index (χ1) is 8.00. The predicted octanol–water partition coefficient (Wildman–Crippen LogP) is 1.15. The van der Waals surface area contributed by atoms with Crippen LogP contribution in [-0.4, -0.2) is 24.5 Å². The van der Waals surface area contributed by atoms with Gasteiger partial charge in [0.15, 0.2) is 0 Å². The maximum absolute atomic E-state index is 11.5. The van der Waals surface area contributed by atoms with E-state index < -0.39 is 5.91 Å². The van der Waals surface area contributed by atoms with Crippen molar-refractivity contribution in [3.8, 4) is 0 Å². The van der Waals surface area contributed by atoms with Crippen molar-refractivity contribution in [2.24, 2.45) is 5.73 Å². The molecule has 5 heteroatoms. The van der Waals surface area contributed by atoms with Crippen LogP contribution in [-0.2, 0) is 9.53 Å². The van der Waals surface area contributed by atoms with Gasteiger partial charge in [0.1, 0.15) is 6.61 Å². The van der Waals surface area contributed by atoms with Crippen LogP contribution in [0.1, 0.15) is 24.2 Å². The van der Waals surface area contributed by atoms with E-state index in [0.29, 0.717) is 5.69 Å². The fourth-order valence-corrected chi connectivity index (χ4v) is 1.24. The number of carbonyl (C=O) groups excluding carboxylic acids is 2. The number of ether oxygens (including phenoxy) is 1. The van der Waals surface area contributed by atoms with Crippen LogP contribution >= 0.6 is 0 Å². The van der Waals surface area contributed by atoms with Crippen LogP contribution in [0.25, 0.3) is 0 Å². The van der Waals surface area contributed by atoms with Gasteiger partial charge in [-0.2, -0.15) is 0 Å². The van der Waals surface area contributed by atoms with Gasteiger partial charge >= 0.3 is 0 Å². The number of anilines is 1. The van der Waals surface area contributed by atoms with E-state index in [2.05, 4.69) is 5.32 Å². The Bertz CT molecular complexity index is 416. The maximum Gasteiger partial charge on any atom is 0.250 e. The molecule has 0 saturated carbocycles. The molecule has 3 N–H and O–H groups in total. The second-order valence-corrected chi connectivity index (χ2v) is 3.82. The van der Waals surface area contributed by atoms with Gasteiger partial charge in [0.2, 0.25) is 5.91 Å². The molecule has 17 heavy (non-hydrogen) atoms. The summed E-state index contributed by atoms with van der Waals surface area (Å²) in [4.78, 5) is 22.6. The van der Waals surface area contributed by atoms with E-state index in [1.807, 2.05) is 13.8 Å². The van der Waals surface area contributed by atoms with Gasteiger partial charge in [-0.3, -0.25) is 9.59 Å². The van der Waals surface area contributed by atoms with Gasteiger partial charge in [-0.25, -0.2) is 0 Å². The molecule has 0 atom stereocenters. The average molecular weight is 236 g/mol. The molecule has 0 spiro atoms. The van der Waals surface area contributed by atoms with Crippen LogP contribution in [0.4, 0.5) is 5.69 Å². The van der Waals surface area contributed by atoms with E-state index in [0.717, 1.165) is 0 Å². The maximum atomic E-state index is 11.5. The highest BCUT2D eigenvalue weighted by molar-refractivity contribution is 6.03. The second-order valence-electron chi connectivity index (χ2n) is 3.82. The third-order valence-electron chi connectivity index (χ3n) is 2.01. The molecule has 92 valence electrons. The number of benzene rings is 1. The second kappa shape index (κ2) is 6.00. The Labute approximate surface area is 99.9 Å². The molecule has 1 aromatic carbocycles. The van der Waals surface area contributed by atoms with E-state index in [1.54, 1.807) is 24.3 Å². The predicted molar refractivity (Wildman–Crippen MR) is 64.7 cm³/mol. The topological polar surface area (TPSA) is 81.4 Å². The van der Waals surface area contributed by atoms with Crippen molar-refractivity contribution in [2.75, 3.05) is 11.9 Å². The number of hydrogen-bond donors (Lipinski definition) is 2. The van der Waals surface area contributed by atoms with Crippen molar-refractivity contribution in [3.05, 3.63) is 29.8 Å². The zero-order valence-corrected chi connectivity index (χ0v) is 9.90. The zero-order chi connectivity index (χ0) is 12.8. The minimum atomic E-state index is -0.578. The third-order valence-corrected chi connectivity index (χ3v) is 2.01. The molecule has 0 unspecified atom stereocenters. The molecule has 1 aromatic rings. The van der Waals surface area contributed by atoms with Crippen molar-refractivity contribution in [1.29, 1.82) is 0 Å². The molecule has 0 aliphatic carbocycles. The molecule has 0 aliphatic heterocycles. The highest BCUT2D eigenvalue weighted by atomic mass is 16.5. The molecule has 0 radical (unpaired) electrons. The summed E-state index contributed by atoms with van der Waals surface area (Å²) in [7, 11) is 0. The number of carbonyl (C=O) groups is 2. The minimum absolute atomic E-state index is 0.0212. The first kappa shape index (κ1) is 13.2. The SMILES string of the molecule is CC(C)OCC(=O)Nc1ccccc1C(N)=O. The largest absolute Gasteiger partial charge is 0.369 e. The van der Waals surface area contributed by atoms with E-state index in [4.69, 9.17) is 10.5 Å². The summed E-state index contributed by atoms with van der Waals surface area (Å²) in [6.07, 6.45) is -0.0212. The van der Waals surface area contributed by atoms with Crippen LogP contribution in [0.15, 0.2) is 24.3 Å². The Morgan fingerprint density at radius 1 is 1.35 bits per heavy atom. The smallest absolute Gasteiger partial charge is 0.250 e. The van der Waals surface area contributed by atoms with Crippen LogP contribution in [0, 0.1) is 0 Å². The molecular formula is C12H16N2O3. The van der Waals surface area contributed by atoms with Crippen molar-refractivity contribution < 1.29 is 14.3 Å². The lowest BCUT2D eigenvalue weighted by molar-refractivity contribution is -0.121. The molecule has 2 amide bonds. The summed E-state index contributed by atoms with van der Waals surface area (Å²) in [6, 6.07) is 6.57. The standard InChI is InChI=1S/C12H16N2O3/c1-8(2)17-7-11(15)14-10-6-4-3-5-9(10)12(13)16/h3-6,8H,7H2,1-2H3,(H2,13,16)(H,14,15). The Balaban J connectivity index is 2.68. The zero-order valence-electron chi connectivity index (χ0n) is 9.90. The Kier molecular flexibility index (Phi) is 4.66.